The molecule has 0 aromatic heterocycles. The van der Waals surface area contributed by atoms with Gasteiger partial charge in [0.1, 0.15) is 0 Å². The summed E-state index contributed by atoms with van der Waals surface area (Å²) in [6.45, 7) is 1.40. The fraction of sp³-hybridized carbons (Fsp3) is 0.167. The minimum Gasteiger partial charge on any atom is -0.493 e. The Bertz CT molecular complexity index is 803. The predicted molar refractivity (Wildman–Crippen MR) is 95.4 cm³/mol. The largest absolute Gasteiger partial charge is 0.493 e. The maximum atomic E-state index is 12.2. The second-order valence-electron chi connectivity index (χ2n) is 5.04. The van der Waals surface area contributed by atoms with E-state index in [0.29, 0.717) is 28.3 Å². The van der Waals surface area contributed by atoms with Gasteiger partial charge in [-0.3, -0.25) is 9.59 Å². The molecule has 7 heteroatoms. The molecule has 2 amide bonds. The topological polar surface area (TPSA) is 89.0 Å². The van der Waals surface area contributed by atoms with Crippen molar-refractivity contribution in [3.05, 3.63) is 53.6 Å². The van der Waals surface area contributed by atoms with Crippen molar-refractivity contribution < 1.29 is 19.1 Å². The summed E-state index contributed by atoms with van der Waals surface area (Å²) in [6, 6.07) is 11.9. The second kappa shape index (κ2) is 8.49. The molecule has 2 aromatic rings. The molecule has 0 unspecified atom stereocenters. The molecule has 7 nitrogen and oxygen atoms in total. The summed E-state index contributed by atoms with van der Waals surface area (Å²) in [5.41, 5.74) is 4.02. The zero-order valence-corrected chi connectivity index (χ0v) is 14.2. The van der Waals surface area contributed by atoms with Gasteiger partial charge in [0.05, 0.1) is 20.4 Å². The number of hydrazone groups is 1. The highest BCUT2D eigenvalue weighted by atomic mass is 16.5. The zero-order chi connectivity index (χ0) is 18.2. The molecule has 25 heavy (non-hydrogen) atoms. The molecule has 0 aliphatic rings. The van der Waals surface area contributed by atoms with Crippen molar-refractivity contribution in [1.29, 1.82) is 0 Å². The first-order chi connectivity index (χ1) is 12.0. The number of para-hydroxylation sites is 1. The molecule has 0 fully saturated rings. The van der Waals surface area contributed by atoms with Crippen molar-refractivity contribution in [3.63, 3.8) is 0 Å². The van der Waals surface area contributed by atoms with E-state index in [1.165, 1.54) is 20.2 Å². The minimum atomic E-state index is -0.398. The van der Waals surface area contributed by atoms with Crippen LogP contribution in [0.3, 0.4) is 0 Å². The number of nitrogens with one attached hydrogen (secondary N) is 2. The van der Waals surface area contributed by atoms with Crippen LogP contribution < -0.4 is 20.2 Å². The van der Waals surface area contributed by atoms with E-state index in [0.717, 1.165) is 0 Å². The van der Waals surface area contributed by atoms with Crippen molar-refractivity contribution in [3.8, 4) is 11.5 Å². The number of anilines is 1. The molecule has 0 radical (unpaired) electrons. The molecule has 0 aliphatic heterocycles. The number of hydrogen-bond donors (Lipinski definition) is 2. The van der Waals surface area contributed by atoms with Crippen LogP contribution in [0.5, 0.6) is 11.5 Å². The monoisotopic (exact) mass is 341 g/mol. The van der Waals surface area contributed by atoms with Crippen LogP contribution in [0.4, 0.5) is 5.69 Å². The van der Waals surface area contributed by atoms with Gasteiger partial charge in [-0.15, -0.1) is 0 Å². The van der Waals surface area contributed by atoms with Gasteiger partial charge in [-0.05, 0) is 30.3 Å². The normalized spacial score (nSPS) is 10.4. The van der Waals surface area contributed by atoms with Crippen LogP contribution in [0, 0.1) is 0 Å². The standard InChI is InChI=1S/C18H19N3O4/c1-12(22)20-15-8-4-6-13(10-15)18(23)21-19-11-14-7-5-9-16(24-2)17(14)25-3/h4-11H,1-3H3,(H,20,22)(H,21,23). The quantitative estimate of drug-likeness (QED) is 0.624. The van der Waals surface area contributed by atoms with Crippen molar-refractivity contribution in [2.45, 2.75) is 6.92 Å². The number of ether oxygens (including phenoxy) is 2. The van der Waals surface area contributed by atoms with Crippen LogP contribution in [-0.2, 0) is 4.79 Å². The number of methoxy groups -OCH3 is 2. The summed E-state index contributed by atoms with van der Waals surface area (Å²) >= 11 is 0. The number of benzene rings is 2. The molecule has 0 saturated heterocycles. The van der Waals surface area contributed by atoms with Crippen LogP contribution in [0.1, 0.15) is 22.8 Å². The Morgan fingerprint density at radius 2 is 1.84 bits per heavy atom. The maximum Gasteiger partial charge on any atom is 0.271 e. The molecule has 2 N–H and O–H groups in total. The van der Waals surface area contributed by atoms with Crippen LogP contribution >= 0.6 is 0 Å². The Morgan fingerprint density at radius 3 is 2.52 bits per heavy atom. The first-order valence-corrected chi connectivity index (χ1v) is 7.47. The molecule has 2 rings (SSSR count). The Morgan fingerprint density at radius 1 is 1.08 bits per heavy atom. The molecular formula is C18H19N3O4. The third-order valence-electron chi connectivity index (χ3n) is 3.25. The molecule has 0 aliphatic carbocycles. The van der Waals surface area contributed by atoms with E-state index >= 15 is 0 Å². The number of hydrogen-bond acceptors (Lipinski definition) is 5. The van der Waals surface area contributed by atoms with E-state index < -0.39 is 5.91 Å². The molecule has 0 saturated carbocycles. The number of rotatable bonds is 6. The highest BCUT2D eigenvalue weighted by Gasteiger charge is 2.08. The molecule has 0 bridgehead atoms. The number of amides is 2. The van der Waals surface area contributed by atoms with Crippen LogP contribution in [0.25, 0.3) is 0 Å². The molecule has 0 heterocycles. The lowest BCUT2D eigenvalue weighted by Gasteiger charge is -2.09. The highest BCUT2D eigenvalue weighted by molar-refractivity contribution is 5.97. The van der Waals surface area contributed by atoms with Crippen molar-refractivity contribution in [2.75, 3.05) is 19.5 Å². The fourth-order valence-electron chi connectivity index (χ4n) is 2.18. The van der Waals surface area contributed by atoms with Crippen molar-refractivity contribution in [2.24, 2.45) is 5.10 Å². The molecule has 0 atom stereocenters. The third kappa shape index (κ3) is 4.81. The summed E-state index contributed by atoms with van der Waals surface area (Å²) in [4.78, 5) is 23.2. The highest BCUT2D eigenvalue weighted by Crippen LogP contribution is 2.29. The number of carbonyl (C=O) groups excluding carboxylic acids is 2. The van der Waals surface area contributed by atoms with Gasteiger partial charge in [-0.1, -0.05) is 12.1 Å². The van der Waals surface area contributed by atoms with Crippen LogP contribution in [-0.4, -0.2) is 32.2 Å². The lowest BCUT2D eigenvalue weighted by Crippen LogP contribution is -2.18. The van der Waals surface area contributed by atoms with Gasteiger partial charge in [0, 0.05) is 23.7 Å². The van der Waals surface area contributed by atoms with Gasteiger partial charge in [-0.2, -0.15) is 5.10 Å². The minimum absolute atomic E-state index is 0.208. The van der Waals surface area contributed by atoms with E-state index in [2.05, 4.69) is 15.8 Å². The van der Waals surface area contributed by atoms with E-state index in [4.69, 9.17) is 9.47 Å². The van der Waals surface area contributed by atoms with Crippen LogP contribution in [0.15, 0.2) is 47.6 Å². The fourth-order valence-corrected chi connectivity index (χ4v) is 2.18. The Kier molecular flexibility index (Phi) is 6.11. The lowest BCUT2D eigenvalue weighted by atomic mass is 10.2. The van der Waals surface area contributed by atoms with Crippen molar-refractivity contribution >= 4 is 23.7 Å². The Balaban J connectivity index is 2.10. The second-order valence-corrected chi connectivity index (χ2v) is 5.04. The summed E-state index contributed by atoms with van der Waals surface area (Å²) in [5, 5.41) is 6.57. The van der Waals surface area contributed by atoms with Gasteiger partial charge in [0.2, 0.25) is 5.91 Å². The first-order valence-electron chi connectivity index (χ1n) is 7.47. The zero-order valence-electron chi connectivity index (χ0n) is 14.2. The lowest BCUT2D eigenvalue weighted by molar-refractivity contribution is -0.114. The van der Waals surface area contributed by atoms with E-state index in [-0.39, 0.29) is 5.91 Å². The average molecular weight is 341 g/mol. The Labute approximate surface area is 145 Å². The summed E-state index contributed by atoms with van der Waals surface area (Å²) in [6.07, 6.45) is 1.47. The van der Waals surface area contributed by atoms with E-state index in [9.17, 15) is 9.59 Å². The van der Waals surface area contributed by atoms with Gasteiger partial charge < -0.3 is 14.8 Å². The van der Waals surface area contributed by atoms with E-state index in [1.54, 1.807) is 49.6 Å². The average Bonchev–Trinajstić information content (AvgIpc) is 2.60. The van der Waals surface area contributed by atoms with Gasteiger partial charge in [0.15, 0.2) is 11.5 Å². The third-order valence-corrected chi connectivity index (χ3v) is 3.25. The molecular weight excluding hydrogens is 322 g/mol. The molecule has 0 spiro atoms. The van der Waals surface area contributed by atoms with Gasteiger partial charge in [-0.25, -0.2) is 5.43 Å². The molecule has 2 aromatic carbocycles. The smallest absolute Gasteiger partial charge is 0.271 e. The summed E-state index contributed by atoms with van der Waals surface area (Å²) < 4.78 is 10.5. The summed E-state index contributed by atoms with van der Waals surface area (Å²) in [5.74, 6) is 0.488. The van der Waals surface area contributed by atoms with Gasteiger partial charge in [0.25, 0.3) is 5.91 Å². The SMILES string of the molecule is COc1cccc(C=NNC(=O)c2cccc(NC(C)=O)c2)c1OC. The van der Waals surface area contributed by atoms with Crippen LogP contribution in [0.2, 0.25) is 0 Å². The van der Waals surface area contributed by atoms with Gasteiger partial charge >= 0.3 is 0 Å². The predicted octanol–water partition coefficient (Wildman–Crippen LogP) is 2.43. The van der Waals surface area contributed by atoms with Crippen molar-refractivity contribution in [1.82, 2.24) is 5.43 Å². The summed E-state index contributed by atoms with van der Waals surface area (Å²) in [7, 11) is 3.07. The van der Waals surface area contributed by atoms with E-state index in [1.807, 2.05) is 0 Å². The number of carbonyl (C=O) groups is 2. The maximum absolute atomic E-state index is 12.2. The Hall–Kier alpha value is -3.35. The first kappa shape index (κ1) is 18.0. The number of nitrogens with zero attached hydrogens (tertiary/aromatic N) is 1. The molecule has 130 valence electrons.